The minimum atomic E-state index is -4.47. The smallest absolute Gasteiger partial charge is 0.494 e. The number of quaternary nitrogens is 2. The fourth-order valence-corrected chi connectivity index (χ4v) is 11.9. The summed E-state index contributed by atoms with van der Waals surface area (Å²) in [6.45, 7) is -1.25. The summed E-state index contributed by atoms with van der Waals surface area (Å²) in [7, 11) is 10.0. The van der Waals surface area contributed by atoms with E-state index >= 15 is 8.63 Å². The number of fused-ring (bicyclic) bond motifs is 2. The third kappa shape index (κ3) is 22.3. The average Bonchev–Trinajstić information content (AvgIpc) is 1.65. The SMILES string of the molecule is CN(CCCCCC(=O)On1c(O)ccc1O)CCNC(=O)C(CCCC[N+](C)(C)C)NC(=O)C(CSOOO)NC(=O)CCCOc1ccc(C=Cc2cc(CCCS(=O)(=O)O)c3n2[B-](F)(F)[N+]2=C(c4cccs4)C=C(CCC[N+](C)(C)C)C2=C3)cc1. The van der Waals surface area contributed by atoms with Crippen molar-refractivity contribution < 1.29 is 88.6 Å². The summed E-state index contributed by atoms with van der Waals surface area (Å²) in [6.07, 6.45) is 12.4. The van der Waals surface area contributed by atoms with Crippen LogP contribution < -0.4 is 25.5 Å². The highest BCUT2D eigenvalue weighted by Gasteiger charge is 2.54. The number of nitrogens with zero attached hydrogens (tertiary/aromatic N) is 6. The van der Waals surface area contributed by atoms with Crippen LogP contribution >= 0.6 is 23.4 Å². The molecule has 0 saturated carbocycles. The van der Waals surface area contributed by atoms with Crippen LogP contribution in [0.25, 0.3) is 18.2 Å². The lowest BCUT2D eigenvalue weighted by molar-refractivity contribution is -0.870. The lowest BCUT2D eigenvalue weighted by Gasteiger charge is -2.31. The Bertz CT molecular complexity index is 3210. The minimum absolute atomic E-state index is 0.0272. The fraction of sp³-hybridized carbons (Fsp3) is 0.508. The van der Waals surface area contributed by atoms with Crippen molar-refractivity contribution in [3.63, 3.8) is 0 Å². The Morgan fingerprint density at radius 2 is 1.55 bits per heavy atom. The molecule has 2 aliphatic rings. The van der Waals surface area contributed by atoms with Crippen LogP contribution in [0.15, 0.2) is 77.3 Å². The molecule has 5 heterocycles. The Morgan fingerprint density at radius 1 is 0.830 bits per heavy atom. The number of unbranched alkanes of at least 4 members (excludes halogenated alkanes) is 3. The summed E-state index contributed by atoms with van der Waals surface area (Å²) in [5.74, 6) is -3.18. The number of hydrogen-bond donors (Lipinski definition) is 7. The number of amides is 3. The zero-order chi connectivity index (χ0) is 64.2. The molecule has 2 atom stereocenters. The normalized spacial score (nSPS) is 14.8. The fourth-order valence-electron chi connectivity index (χ4n) is 10.2. The molecule has 3 amide bonds. The highest BCUT2D eigenvalue weighted by atomic mass is 32.2. The first kappa shape index (κ1) is 70.7. The van der Waals surface area contributed by atoms with E-state index in [0.29, 0.717) is 99.6 Å². The van der Waals surface area contributed by atoms with E-state index in [1.165, 1.54) is 23.5 Å². The van der Waals surface area contributed by atoms with E-state index in [4.69, 9.17) is 14.8 Å². The van der Waals surface area contributed by atoms with E-state index in [0.717, 1.165) is 51.4 Å². The molecule has 3 aromatic heterocycles. The van der Waals surface area contributed by atoms with Gasteiger partial charge in [0.25, 0.3) is 10.1 Å². The zero-order valence-electron chi connectivity index (χ0n) is 51.2. The Morgan fingerprint density at radius 3 is 2.22 bits per heavy atom. The van der Waals surface area contributed by atoms with Crippen molar-refractivity contribution in [2.75, 3.05) is 100 Å². The summed E-state index contributed by atoms with van der Waals surface area (Å²) in [4.78, 5) is 60.7. The number of carbonyl (C=O) groups excluding carboxylic acids is 4. The number of allylic oxidation sites excluding steroid dienone is 2. The van der Waals surface area contributed by atoms with Crippen LogP contribution in [-0.2, 0) is 45.1 Å². The van der Waals surface area contributed by atoms with Crippen LogP contribution in [-0.4, -0.2) is 205 Å². The molecule has 88 heavy (non-hydrogen) atoms. The standard InChI is InChI=1S/C59H84BF2N9O14S3/c1-66(32-11-8-9-22-57(75)83-69-55(73)29-30-56(69)74)33-31-63-58(76)48(19-10-12-34-70(2,3)4)65-59(77)49(42-87-85-84-78)64-54(72)21-14-36-82-47-27-24-43(25-28-47)23-26-46-39-44(18-16-38-88(79,80)81)50-41-51-45(17-13-35-71(5,6)7)40-52(53-20-15-37-86-53)68(51)60(61,62)67(46)50/h15,20,23-30,37,39-41,48-49H,8-14,16-19,21-22,31-36,38,42H2,1-7H3,(H5-2,63,64,65,72,73,74,76,77,78,79,80,81)/p+2. The molecule has 4 aromatic rings. The largest absolute Gasteiger partial charge is 0.737 e. The molecule has 7 N–H and O–H groups in total. The van der Waals surface area contributed by atoms with Crippen LogP contribution in [0.1, 0.15) is 104 Å². The molecule has 0 bridgehead atoms. The number of aromatic hydroxyl groups is 2. The molecule has 2 aliphatic heterocycles. The number of aryl methyl sites for hydroxylation is 1. The first-order valence-electron chi connectivity index (χ1n) is 29.5. The van der Waals surface area contributed by atoms with Crippen molar-refractivity contribution in [3.8, 4) is 17.5 Å². The molecule has 29 heteroatoms. The van der Waals surface area contributed by atoms with Crippen molar-refractivity contribution >= 4 is 88.1 Å². The van der Waals surface area contributed by atoms with Crippen LogP contribution in [0.4, 0.5) is 8.63 Å². The van der Waals surface area contributed by atoms with Crippen LogP contribution in [0, 0.1) is 0 Å². The third-order valence-corrected chi connectivity index (χ3v) is 17.0. The molecule has 2 unspecified atom stereocenters. The van der Waals surface area contributed by atoms with Gasteiger partial charge in [-0.2, -0.15) is 8.42 Å². The number of thiophene rings is 1. The molecule has 0 fully saturated rings. The van der Waals surface area contributed by atoms with Crippen molar-refractivity contribution in [1.82, 2.24) is 30.1 Å². The first-order chi connectivity index (χ1) is 41.6. The quantitative estimate of drug-likeness (QED) is 0.00472. The van der Waals surface area contributed by atoms with Gasteiger partial charge in [0, 0.05) is 85.6 Å². The van der Waals surface area contributed by atoms with E-state index in [1.807, 2.05) is 35.5 Å². The van der Waals surface area contributed by atoms with Crippen LogP contribution in [0.2, 0.25) is 0 Å². The van der Waals surface area contributed by atoms with Gasteiger partial charge < -0.3 is 67.2 Å². The highest BCUT2D eigenvalue weighted by molar-refractivity contribution is 7.94. The van der Waals surface area contributed by atoms with E-state index in [9.17, 15) is 42.4 Å². The van der Waals surface area contributed by atoms with Gasteiger partial charge in [0.2, 0.25) is 29.5 Å². The lowest BCUT2D eigenvalue weighted by atomic mass is 9.88. The topological polar surface area (TPSA) is 272 Å². The van der Waals surface area contributed by atoms with Crippen LogP contribution in [0.5, 0.6) is 17.5 Å². The van der Waals surface area contributed by atoms with E-state index in [-0.39, 0.29) is 62.4 Å². The van der Waals surface area contributed by atoms with E-state index < -0.39 is 70.4 Å². The van der Waals surface area contributed by atoms with Gasteiger partial charge in [0.05, 0.1) is 78.4 Å². The van der Waals surface area contributed by atoms with E-state index in [2.05, 4.69) is 67.6 Å². The second kappa shape index (κ2) is 32.9. The molecule has 23 nitrogen and oxygen atoms in total. The molecule has 484 valence electrons. The maximum Gasteiger partial charge on any atom is 0.737 e. The molecule has 1 aromatic carbocycles. The number of rotatable bonds is 39. The molecule has 0 radical (unpaired) electrons. The van der Waals surface area contributed by atoms with Crippen molar-refractivity contribution in [3.05, 3.63) is 105 Å². The lowest BCUT2D eigenvalue weighted by Crippen LogP contribution is -2.55. The Kier molecular flexibility index (Phi) is 26.4. The monoisotopic (exact) mass is 1290 g/mol. The summed E-state index contributed by atoms with van der Waals surface area (Å²) in [5, 5.41) is 42.1. The van der Waals surface area contributed by atoms with Gasteiger partial charge in [-0.05, 0) is 118 Å². The van der Waals surface area contributed by atoms with Gasteiger partial charge in [-0.3, -0.25) is 18.9 Å². The molecule has 0 saturated heterocycles. The number of halogens is 2. The predicted octanol–water partition coefficient (Wildman–Crippen LogP) is 6.60. The Hall–Kier alpha value is -6.41. The van der Waals surface area contributed by atoms with Gasteiger partial charge >= 0.3 is 12.9 Å². The number of benzene rings is 1. The molecule has 6 rings (SSSR count). The highest BCUT2D eigenvalue weighted by Crippen LogP contribution is 2.41. The molecule has 0 aliphatic carbocycles. The van der Waals surface area contributed by atoms with Gasteiger partial charge in [-0.25, -0.2) is 10.1 Å². The second-order valence-corrected chi connectivity index (χ2v) is 27.3. The van der Waals surface area contributed by atoms with Gasteiger partial charge in [0.1, 0.15) is 17.8 Å². The van der Waals surface area contributed by atoms with Crippen LogP contribution in [0.3, 0.4) is 0 Å². The number of aromatic nitrogens is 2. The summed E-state index contributed by atoms with van der Waals surface area (Å²) >= 11 is 1.95. The second-order valence-electron chi connectivity index (χ2n) is 24.1. The average molecular weight is 1290 g/mol. The van der Waals surface area contributed by atoms with E-state index in [1.54, 1.807) is 48.6 Å². The minimum Gasteiger partial charge on any atom is -0.494 e. The van der Waals surface area contributed by atoms with Gasteiger partial charge in [0.15, 0.2) is 11.4 Å². The number of ether oxygens (including phenoxy) is 1. The summed E-state index contributed by atoms with van der Waals surface area (Å²) < 4.78 is 82.6. The molecule has 0 spiro atoms. The summed E-state index contributed by atoms with van der Waals surface area (Å²) in [5.41, 5.74) is 3.32. The molecular weight excluding hydrogens is 1200 g/mol. The van der Waals surface area contributed by atoms with Crippen molar-refractivity contribution in [2.24, 2.45) is 0 Å². The maximum atomic E-state index is 17.5. The Labute approximate surface area is 522 Å². The number of nitrogens with one attached hydrogen (secondary N) is 3. The van der Waals surface area contributed by atoms with Gasteiger partial charge in [-0.15, -0.1) is 20.4 Å². The van der Waals surface area contributed by atoms with Crippen molar-refractivity contribution in [1.29, 1.82) is 0 Å². The van der Waals surface area contributed by atoms with Gasteiger partial charge in [-0.1, -0.05) is 35.7 Å². The zero-order valence-corrected chi connectivity index (χ0v) is 53.6. The number of carbonyl (C=O) groups is 4. The number of hydrogen-bond acceptors (Lipinski definition) is 16. The first-order valence-corrected chi connectivity index (χ1v) is 32.9. The maximum absolute atomic E-state index is 17.5. The Balaban J connectivity index is 1.03. The van der Waals surface area contributed by atoms with Crippen molar-refractivity contribution in [2.45, 2.75) is 95.6 Å². The number of likely N-dealkylation sites (N-methyl/N-ethyl adjacent to an activating group) is 1. The predicted molar refractivity (Wildman–Crippen MR) is 336 cm³/mol. The molecular formula is C59H86BF2N9O14S3+2. The summed E-state index contributed by atoms with van der Waals surface area (Å²) in [6, 6.07) is 12.5. The third-order valence-electron chi connectivity index (χ3n) is 14.7.